The Balaban J connectivity index is 1.45. The van der Waals surface area contributed by atoms with E-state index in [0.717, 1.165) is 30.4 Å². The summed E-state index contributed by atoms with van der Waals surface area (Å²) in [5, 5.41) is 26.1. The maximum absolute atomic E-state index is 14.3. The highest BCUT2D eigenvalue weighted by Gasteiger charge is 2.61. The highest BCUT2D eigenvalue weighted by molar-refractivity contribution is 5.99. The second kappa shape index (κ2) is 11.6. The van der Waals surface area contributed by atoms with Gasteiger partial charge in [-0.15, -0.1) is 6.58 Å². The van der Waals surface area contributed by atoms with Gasteiger partial charge in [-0.3, -0.25) is 19.7 Å². The molecule has 5 rings (SSSR count). The summed E-state index contributed by atoms with van der Waals surface area (Å²) in [7, 11) is 0. The highest BCUT2D eigenvalue weighted by atomic mass is 16.6. The largest absolute Gasteiger partial charge is 0.446 e. The molecule has 1 aromatic heterocycles. The highest BCUT2D eigenvalue weighted by Crippen LogP contribution is 2.45. The molecule has 2 aliphatic carbocycles. The van der Waals surface area contributed by atoms with Crippen molar-refractivity contribution < 1.29 is 23.9 Å². The van der Waals surface area contributed by atoms with E-state index in [1.807, 2.05) is 46.8 Å². The van der Waals surface area contributed by atoms with Crippen LogP contribution in [-0.2, 0) is 19.1 Å². The fraction of sp³-hybridized carbons (Fsp3) is 0.581. The van der Waals surface area contributed by atoms with Crippen LogP contribution in [0.5, 0.6) is 0 Å². The first-order valence-electron chi connectivity index (χ1n) is 15.0. The topological polar surface area (TPSA) is 171 Å². The summed E-state index contributed by atoms with van der Waals surface area (Å²) >= 11 is 0. The molecule has 0 radical (unpaired) electrons. The molecule has 1 aliphatic heterocycles. The lowest BCUT2D eigenvalue weighted by atomic mass is 9.85. The van der Waals surface area contributed by atoms with E-state index in [0.29, 0.717) is 11.0 Å². The first-order chi connectivity index (χ1) is 20.8. The van der Waals surface area contributed by atoms with Crippen LogP contribution < -0.4 is 16.0 Å². The van der Waals surface area contributed by atoms with Crippen LogP contribution in [0.1, 0.15) is 70.0 Å². The van der Waals surface area contributed by atoms with Crippen molar-refractivity contribution in [1.29, 1.82) is 5.26 Å². The number of aromatic nitrogens is 3. The van der Waals surface area contributed by atoms with Gasteiger partial charge in [-0.25, -0.2) is 4.79 Å². The fourth-order valence-electron chi connectivity index (χ4n) is 5.93. The number of nitriles is 1. The van der Waals surface area contributed by atoms with Crippen LogP contribution in [0.25, 0.3) is 11.0 Å². The third-order valence-electron chi connectivity index (χ3n) is 9.12. The van der Waals surface area contributed by atoms with Gasteiger partial charge in [0, 0.05) is 18.9 Å². The van der Waals surface area contributed by atoms with Gasteiger partial charge in [0.1, 0.15) is 34.8 Å². The lowest BCUT2D eigenvalue weighted by Gasteiger charge is -2.36. The second-order valence-corrected chi connectivity index (χ2v) is 13.3. The van der Waals surface area contributed by atoms with Gasteiger partial charge in [0.2, 0.25) is 11.8 Å². The summed E-state index contributed by atoms with van der Waals surface area (Å²) in [5.41, 5.74) is 1.49. The van der Waals surface area contributed by atoms with E-state index in [-0.39, 0.29) is 31.4 Å². The molecule has 13 nitrogen and oxygen atoms in total. The number of ether oxygens (including phenoxy) is 1. The molecule has 2 saturated carbocycles. The maximum atomic E-state index is 14.3. The molecule has 0 spiro atoms. The molecule has 44 heavy (non-hydrogen) atoms. The molecule has 2 heterocycles. The molecule has 4 amide bonds. The van der Waals surface area contributed by atoms with Crippen molar-refractivity contribution in [2.45, 2.75) is 96.5 Å². The Kier molecular flexibility index (Phi) is 8.13. The van der Waals surface area contributed by atoms with Gasteiger partial charge in [0.25, 0.3) is 5.91 Å². The molecule has 3 N–H and O–H groups in total. The average molecular weight is 605 g/mol. The monoisotopic (exact) mass is 604 g/mol. The van der Waals surface area contributed by atoms with E-state index in [9.17, 15) is 19.2 Å². The zero-order chi connectivity index (χ0) is 32.0. The van der Waals surface area contributed by atoms with E-state index in [1.54, 1.807) is 17.1 Å². The summed E-state index contributed by atoms with van der Waals surface area (Å²) in [6.45, 7) is 13.3. The van der Waals surface area contributed by atoms with Gasteiger partial charge >= 0.3 is 6.09 Å². The van der Waals surface area contributed by atoms with Crippen molar-refractivity contribution in [3.63, 3.8) is 0 Å². The van der Waals surface area contributed by atoms with E-state index < -0.39 is 52.9 Å². The number of aryl methyl sites for hydroxylation is 2. The normalized spacial score (nSPS) is 25.4. The van der Waals surface area contributed by atoms with Crippen molar-refractivity contribution >= 4 is 34.8 Å². The molecule has 234 valence electrons. The Morgan fingerprint density at radius 3 is 2.30 bits per heavy atom. The summed E-state index contributed by atoms with van der Waals surface area (Å²) in [5.74, 6) is -2.01. The van der Waals surface area contributed by atoms with Crippen LogP contribution in [-0.4, -0.2) is 74.0 Å². The summed E-state index contributed by atoms with van der Waals surface area (Å²) < 4.78 is 5.49. The van der Waals surface area contributed by atoms with E-state index in [1.165, 1.54) is 4.90 Å². The predicted molar refractivity (Wildman–Crippen MR) is 160 cm³/mol. The number of rotatable bonds is 8. The Bertz CT molecular complexity index is 1510. The molecule has 3 fully saturated rings. The van der Waals surface area contributed by atoms with Crippen molar-refractivity contribution in [3.8, 4) is 6.19 Å². The number of fused-ring (bicyclic) bond motifs is 1. The minimum Gasteiger partial charge on any atom is -0.446 e. The predicted octanol–water partition coefficient (Wildman–Crippen LogP) is 2.54. The summed E-state index contributed by atoms with van der Waals surface area (Å²) in [6.07, 6.45) is 5.36. The Hall–Kier alpha value is -4.47. The number of hydrogen-bond acceptors (Lipinski definition) is 8. The molecular formula is C31H40N8O5. The molecule has 1 aromatic carbocycles. The minimum absolute atomic E-state index is 0.101. The Labute approximate surface area is 256 Å². The van der Waals surface area contributed by atoms with Gasteiger partial charge < -0.3 is 20.3 Å². The molecule has 0 bridgehead atoms. The van der Waals surface area contributed by atoms with Gasteiger partial charge in [-0.05, 0) is 68.2 Å². The lowest BCUT2D eigenvalue weighted by molar-refractivity contribution is -0.143. The summed E-state index contributed by atoms with van der Waals surface area (Å²) in [6, 6.07) is 1.44. The third-order valence-corrected chi connectivity index (χ3v) is 9.12. The zero-order valence-corrected chi connectivity index (χ0v) is 25.8. The van der Waals surface area contributed by atoms with E-state index in [2.05, 4.69) is 32.7 Å². The molecule has 1 saturated heterocycles. The van der Waals surface area contributed by atoms with Crippen molar-refractivity contribution in [2.24, 2.45) is 11.3 Å². The van der Waals surface area contributed by atoms with Gasteiger partial charge in [0.05, 0.1) is 6.04 Å². The van der Waals surface area contributed by atoms with Crippen LogP contribution in [0.15, 0.2) is 24.8 Å². The third kappa shape index (κ3) is 5.85. The molecule has 2 aromatic rings. The lowest BCUT2D eigenvalue weighted by Crippen LogP contribution is -2.60. The van der Waals surface area contributed by atoms with Crippen molar-refractivity contribution in [3.05, 3.63) is 35.9 Å². The quantitative estimate of drug-likeness (QED) is 0.234. The van der Waals surface area contributed by atoms with E-state index in [4.69, 9.17) is 10.00 Å². The zero-order valence-electron chi connectivity index (χ0n) is 25.8. The van der Waals surface area contributed by atoms with Crippen molar-refractivity contribution in [2.75, 3.05) is 6.54 Å². The van der Waals surface area contributed by atoms with Crippen LogP contribution in [0, 0.1) is 36.6 Å². The number of carbonyl (C=O) groups excluding carboxylic acids is 4. The average Bonchev–Trinajstić information content (AvgIpc) is 3.24. The standard InChI is InChI=1S/C31H40N8O5/c1-7-19-14-31(19,28(42)33-16-32)35-26(40)24-13-20(39-36-22-11-17(2)18(3)12-23(22)37-39)15-38(24)27(41)25(30(4,5)6)34-29(43)44-21-9-8-10-21/h7,11-12,19-21,24-25H,1,8-10,13-15H2,2-6H3,(H,33,42)(H,34,43)(H,35,40)/t19?,20-,24+,25+,31-/m1/s1. The maximum Gasteiger partial charge on any atom is 0.408 e. The van der Waals surface area contributed by atoms with Gasteiger partial charge in [-0.2, -0.15) is 20.3 Å². The first kappa shape index (κ1) is 31.0. The van der Waals surface area contributed by atoms with Crippen LogP contribution >= 0.6 is 0 Å². The van der Waals surface area contributed by atoms with Crippen LogP contribution in [0.2, 0.25) is 0 Å². The summed E-state index contributed by atoms with van der Waals surface area (Å²) in [4.78, 5) is 56.8. The van der Waals surface area contributed by atoms with Crippen molar-refractivity contribution in [1.82, 2.24) is 35.8 Å². The number of nitrogens with one attached hydrogen (secondary N) is 3. The molecule has 1 unspecified atom stereocenters. The second-order valence-electron chi connectivity index (χ2n) is 13.3. The molecular weight excluding hydrogens is 564 g/mol. The molecule has 5 atom stereocenters. The van der Waals surface area contributed by atoms with Gasteiger partial charge in [0.15, 0.2) is 6.19 Å². The Morgan fingerprint density at radius 2 is 1.80 bits per heavy atom. The number of carbonyl (C=O) groups is 4. The first-order valence-corrected chi connectivity index (χ1v) is 15.0. The SMILES string of the molecule is C=CC1C[C@]1(NC(=O)[C@@H]1C[C@@H](n2nc3cc(C)c(C)cc3n2)CN1C(=O)[C@H](NC(=O)OC1CCC1)C(C)(C)C)C(=O)NC#N. The van der Waals surface area contributed by atoms with Gasteiger partial charge in [-0.1, -0.05) is 26.8 Å². The van der Waals surface area contributed by atoms with E-state index >= 15 is 0 Å². The smallest absolute Gasteiger partial charge is 0.408 e. The number of amides is 4. The number of nitrogens with zero attached hydrogens (tertiary/aromatic N) is 5. The number of hydrogen-bond donors (Lipinski definition) is 3. The number of likely N-dealkylation sites (tertiary alicyclic amines) is 1. The van der Waals surface area contributed by atoms with Crippen LogP contribution in [0.4, 0.5) is 4.79 Å². The molecule has 13 heteroatoms. The Morgan fingerprint density at radius 1 is 1.16 bits per heavy atom. The molecule has 3 aliphatic rings. The fourth-order valence-corrected chi connectivity index (χ4v) is 5.93. The number of alkyl carbamates (subject to hydrolysis) is 1. The minimum atomic E-state index is -1.33. The van der Waals surface area contributed by atoms with Crippen LogP contribution in [0.3, 0.4) is 0 Å². The number of benzene rings is 1.